The topological polar surface area (TPSA) is 65.8 Å². The Labute approximate surface area is 198 Å². The zero-order valence-electron chi connectivity index (χ0n) is 20.3. The van der Waals surface area contributed by atoms with Gasteiger partial charge in [-0.2, -0.15) is 0 Å². The zero-order valence-corrected chi connectivity index (χ0v) is 20.3. The molecule has 0 spiro atoms. The summed E-state index contributed by atoms with van der Waals surface area (Å²) in [6.07, 6.45) is 12.2. The Balaban J connectivity index is 1.62. The van der Waals surface area contributed by atoms with Crippen LogP contribution in [0.5, 0.6) is 0 Å². The Morgan fingerprint density at radius 3 is 2.67 bits per heavy atom. The first kappa shape index (κ1) is 24.4. The molecule has 1 amide bonds. The molecule has 1 aromatic carbocycles. The Morgan fingerprint density at radius 2 is 2.03 bits per heavy atom. The average molecular weight is 445 g/mol. The van der Waals surface area contributed by atoms with Crippen LogP contribution in [0, 0.1) is 5.92 Å². The number of rotatable bonds is 10. The quantitative estimate of drug-likeness (QED) is 0.416. The molecule has 0 aromatic heterocycles. The molecule has 0 bridgehead atoms. The fourth-order valence-electron chi connectivity index (χ4n) is 3.79. The largest absolute Gasteiger partial charge is 0.381 e. The number of amides is 1. The molecular weight excluding hydrogens is 408 g/mol. The van der Waals surface area contributed by atoms with Crippen LogP contribution in [0.1, 0.15) is 65.0 Å². The summed E-state index contributed by atoms with van der Waals surface area (Å²) in [5, 5.41) is 6.53. The molecule has 0 saturated heterocycles. The molecule has 5 nitrogen and oxygen atoms in total. The van der Waals surface area contributed by atoms with Gasteiger partial charge in [-0.15, -0.1) is 0 Å². The van der Waals surface area contributed by atoms with Crippen molar-refractivity contribution in [2.75, 3.05) is 11.9 Å². The van der Waals surface area contributed by atoms with E-state index in [1.54, 1.807) is 12.4 Å². The second-order valence-corrected chi connectivity index (χ2v) is 8.89. The number of hydrogen-bond donors (Lipinski definition) is 2. The maximum Gasteiger partial charge on any atom is 0.251 e. The highest BCUT2D eigenvalue weighted by Crippen LogP contribution is 2.40. The zero-order chi connectivity index (χ0) is 23.8. The van der Waals surface area contributed by atoms with Crippen molar-refractivity contribution in [3.63, 3.8) is 0 Å². The minimum absolute atomic E-state index is 0.00894. The van der Waals surface area contributed by atoms with Crippen LogP contribution in [-0.2, 0) is 4.79 Å². The number of hydrogen-bond acceptors (Lipinski definition) is 4. The molecule has 1 atom stereocenters. The molecule has 2 aliphatic rings. The van der Waals surface area contributed by atoms with Crippen molar-refractivity contribution in [2.45, 2.75) is 59.4 Å². The molecule has 1 fully saturated rings. The number of carbonyl (C=O) groups excluding carboxylic acids is 1. The summed E-state index contributed by atoms with van der Waals surface area (Å²) in [4.78, 5) is 21.5. The minimum Gasteiger partial charge on any atom is -0.381 e. The van der Waals surface area contributed by atoms with E-state index < -0.39 is 0 Å². The molecule has 0 unspecified atom stereocenters. The molecule has 5 heteroatoms. The third-order valence-corrected chi connectivity index (χ3v) is 5.89. The number of nitrogens with one attached hydrogen (secondary N) is 2. The molecule has 3 rings (SSSR count). The number of carbonyl (C=O) groups is 1. The van der Waals surface area contributed by atoms with Crippen molar-refractivity contribution in [1.29, 1.82) is 0 Å². The third kappa shape index (κ3) is 7.41. The van der Waals surface area contributed by atoms with Crippen LogP contribution in [0.3, 0.4) is 0 Å². The lowest BCUT2D eigenvalue weighted by Gasteiger charge is -2.18. The van der Waals surface area contributed by atoms with Gasteiger partial charge in [-0.05, 0) is 82.6 Å². The van der Waals surface area contributed by atoms with Crippen LogP contribution in [0.2, 0.25) is 0 Å². The summed E-state index contributed by atoms with van der Waals surface area (Å²) < 4.78 is 0. The van der Waals surface area contributed by atoms with Crippen molar-refractivity contribution in [3.8, 4) is 0 Å². The fourth-order valence-corrected chi connectivity index (χ4v) is 3.79. The highest BCUT2D eigenvalue weighted by atomic mass is 16.1. The van der Waals surface area contributed by atoms with Crippen molar-refractivity contribution in [2.24, 2.45) is 15.9 Å². The smallest absolute Gasteiger partial charge is 0.251 e. The molecular formula is C28H36N4O. The van der Waals surface area contributed by atoms with Gasteiger partial charge in [0.2, 0.25) is 0 Å². The van der Waals surface area contributed by atoms with E-state index in [1.165, 1.54) is 18.4 Å². The second-order valence-electron chi connectivity index (χ2n) is 8.89. The van der Waals surface area contributed by atoms with E-state index in [0.717, 1.165) is 52.6 Å². The van der Waals surface area contributed by atoms with E-state index in [9.17, 15) is 4.79 Å². The highest BCUT2D eigenvalue weighted by Gasteiger charge is 2.27. The maximum atomic E-state index is 12.7. The predicted molar refractivity (Wildman–Crippen MR) is 140 cm³/mol. The number of anilines is 1. The fraction of sp³-hybridized carbons (Fsp3) is 0.393. The standard InChI is InChI=1S/C28H36N4O/c1-6-29-18-27(19(2)3)30-17-20(4)31-21(5)25-8-7-9-26(16-25)32-28(33)24-14-12-23(13-15-24)22-10-11-22/h7-9,12,14,16-18,21-22,31H,2,6,10-11,13,15H2,1,3-5H3,(H,32,33)/b20-17+,29-18?,30-27?/t21-/m0/s1. The number of aliphatic imine (C=N–C) groups is 2. The van der Waals surface area contributed by atoms with Gasteiger partial charge >= 0.3 is 0 Å². The van der Waals surface area contributed by atoms with E-state index in [4.69, 9.17) is 0 Å². The van der Waals surface area contributed by atoms with Gasteiger partial charge in [-0.1, -0.05) is 36.4 Å². The monoisotopic (exact) mass is 444 g/mol. The van der Waals surface area contributed by atoms with Crippen molar-refractivity contribution >= 4 is 23.5 Å². The van der Waals surface area contributed by atoms with Crippen molar-refractivity contribution < 1.29 is 4.79 Å². The molecule has 0 aliphatic heterocycles. The lowest BCUT2D eigenvalue weighted by molar-refractivity contribution is -0.113. The van der Waals surface area contributed by atoms with E-state index in [0.29, 0.717) is 6.54 Å². The van der Waals surface area contributed by atoms with E-state index in [2.05, 4.69) is 46.3 Å². The summed E-state index contributed by atoms with van der Waals surface area (Å²) in [5.74, 6) is 0.766. The first-order valence-electron chi connectivity index (χ1n) is 11.8. The summed E-state index contributed by atoms with van der Waals surface area (Å²) in [5.41, 5.74) is 6.84. The van der Waals surface area contributed by atoms with Crippen molar-refractivity contribution in [3.05, 3.63) is 77.2 Å². The van der Waals surface area contributed by atoms with Crippen LogP contribution >= 0.6 is 0 Å². The SMILES string of the molecule is C=C(C)C(C=NCC)=N/C=C(\C)N[C@@H](C)c1cccc(NC(=O)C2=CC=C(C3CC3)CC2)c1. The highest BCUT2D eigenvalue weighted by molar-refractivity contribution is 6.37. The molecule has 1 aromatic rings. The number of nitrogens with zero attached hydrogens (tertiary/aromatic N) is 2. The van der Waals surface area contributed by atoms with Gasteiger partial charge in [0.25, 0.3) is 5.91 Å². The lowest BCUT2D eigenvalue weighted by atomic mass is 9.95. The molecule has 0 heterocycles. The van der Waals surface area contributed by atoms with Gasteiger partial charge < -0.3 is 10.6 Å². The number of allylic oxidation sites excluding steroid dienone is 5. The molecule has 1 saturated carbocycles. The van der Waals surface area contributed by atoms with Gasteiger partial charge in [-0.3, -0.25) is 14.8 Å². The van der Waals surface area contributed by atoms with Gasteiger partial charge in [-0.25, -0.2) is 0 Å². The van der Waals surface area contributed by atoms with Gasteiger partial charge in [0.05, 0.1) is 5.71 Å². The normalized spacial score (nSPS) is 17.9. The molecule has 174 valence electrons. The van der Waals surface area contributed by atoms with Crippen LogP contribution in [-0.4, -0.2) is 24.4 Å². The first-order valence-corrected chi connectivity index (χ1v) is 11.8. The predicted octanol–water partition coefficient (Wildman–Crippen LogP) is 6.30. The Morgan fingerprint density at radius 1 is 1.24 bits per heavy atom. The summed E-state index contributed by atoms with van der Waals surface area (Å²) in [7, 11) is 0. The molecule has 33 heavy (non-hydrogen) atoms. The minimum atomic E-state index is -0.00894. The molecule has 0 radical (unpaired) electrons. The van der Waals surface area contributed by atoms with Crippen molar-refractivity contribution in [1.82, 2.24) is 5.32 Å². The summed E-state index contributed by atoms with van der Waals surface area (Å²) >= 11 is 0. The Bertz CT molecular complexity index is 1040. The van der Waals surface area contributed by atoms with Crippen LogP contribution < -0.4 is 10.6 Å². The molecule has 2 N–H and O–H groups in total. The number of benzene rings is 1. The first-order chi connectivity index (χ1) is 15.9. The van der Waals surface area contributed by atoms with Crippen LogP contribution in [0.15, 0.2) is 81.6 Å². The van der Waals surface area contributed by atoms with Gasteiger partial charge in [0.1, 0.15) is 0 Å². The molecule has 2 aliphatic carbocycles. The maximum absolute atomic E-state index is 12.7. The van der Waals surface area contributed by atoms with E-state index in [1.807, 2.05) is 45.0 Å². The van der Waals surface area contributed by atoms with Crippen LogP contribution in [0.25, 0.3) is 0 Å². The third-order valence-electron chi connectivity index (χ3n) is 5.89. The van der Waals surface area contributed by atoms with E-state index in [-0.39, 0.29) is 11.9 Å². The lowest BCUT2D eigenvalue weighted by Crippen LogP contribution is -2.18. The summed E-state index contributed by atoms with van der Waals surface area (Å²) in [6.45, 7) is 12.7. The van der Waals surface area contributed by atoms with Crippen LogP contribution in [0.4, 0.5) is 5.69 Å². The Kier molecular flexibility index (Phi) is 8.58. The van der Waals surface area contributed by atoms with E-state index >= 15 is 0 Å². The Hall–Kier alpha value is -3.21. The van der Waals surface area contributed by atoms with Gasteiger partial charge in [0, 0.05) is 42.0 Å². The second kappa shape index (κ2) is 11.6. The summed E-state index contributed by atoms with van der Waals surface area (Å²) in [6, 6.07) is 8.04. The van der Waals surface area contributed by atoms with Gasteiger partial charge in [0.15, 0.2) is 0 Å². The average Bonchev–Trinajstić information content (AvgIpc) is 3.64.